The molecule has 0 spiro atoms. The molecule has 150 valence electrons. The van der Waals surface area contributed by atoms with Crippen LogP contribution in [-0.2, 0) is 0 Å². The number of anilines is 1. The number of nitrogens with one attached hydrogen (secondary N) is 1. The maximum Gasteiger partial charge on any atom is 0.255 e. The minimum Gasteiger partial charge on any atom is -0.321 e. The van der Waals surface area contributed by atoms with Gasteiger partial charge in [-0.1, -0.05) is 111 Å². The quantitative estimate of drug-likeness (QED) is 0.233. The van der Waals surface area contributed by atoms with Crippen LogP contribution in [0.25, 0.3) is 32.7 Å². The summed E-state index contributed by atoms with van der Waals surface area (Å²) in [6, 6.07) is 32.4. The molecule has 31 heavy (non-hydrogen) atoms. The van der Waals surface area contributed by atoms with Crippen molar-refractivity contribution >= 4 is 65.0 Å². The Labute approximate surface area is 197 Å². The van der Waals surface area contributed by atoms with Crippen LogP contribution in [0.1, 0.15) is 10.4 Å². The number of halogens is 2. The molecule has 0 aromatic heterocycles. The van der Waals surface area contributed by atoms with Crippen LogP contribution in [0.2, 0.25) is 0 Å². The summed E-state index contributed by atoms with van der Waals surface area (Å²) in [5.74, 6) is -0.153. The Morgan fingerprint density at radius 3 is 1.77 bits per heavy atom. The number of hydrogen-bond acceptors (Lipinski definition) is 1. The topological polar surface area (TPSA) is 29.1 Å². The van der Waals surface area contributed by atoms with Gasteiger partial charge in [-0.05, 0) is 39.9 Å². The van der Waals surface area contributed by atoms with Crippen molar-refractivity contribution in [3.8, 4) is 11.1 Å². The van der Waals surface area contributed by atoms with Crippen molar-refractivity contribution in [3.05, 3.63) is 112 Å². The molecule has 0 aliphatic rings. The first-order chi connectivity index (χ1) is 15.1. The van der Waals surface area contributed by atoms with Crippen molar-refractivity contribution in [2.75, 3.05) is 5.32 Å². The Bertz CT molecular complexity index is 1420. The number of carbonyl (C=O) groups is 1. The van der Waals surface area contributed by atoms with Crippen LogP contribution in [0, 0.1) is 0 Å². The van der Waals surface area contributed by atoms with E-state index in [0.29, 0.717) is 5.56 Å². The molecule has 5 aromatic carbocycles. The Hall–Kier alpha value is -2.95. The van der Waals surface area contributed by atoms with Gasteiger partial charge in [0.25, 0.3) is 5.91 Å². The summed E-state index contributed by atoms with van der Waals surface area (Å²) in [6.45, 7) is 0. The number of benzene rings is 5. The SMILES string of the molecule is O=C(Nc1c(-c2ccccc2)c2ccccc2c2ccccc12)c1cc(Br)cc(Br)c1. The first-order valence-electron chi connectivity index (χ1n) is 9.88. The first-order valence-corrected chi connectivity index (χ1v) is 11.5. The van der Waals surface area contributed by atoms with Crippen LogP contribution in [-0.4, -0.2) is 5.91 Å². The third kappa shape index (κ3) is 3.78. The highest BCUT2D eigenvalue weighted by atomic mass is 79.9. The molecule has 1 N–H and O–H groups in total. The molecule has 0 heterocycles. The van der Waals surface area contributed by atoms with Gasteiger partial charge in [0.2, 0.25) is 0 Å². The fourth-order valence-corrected chi connectivity index (χ4v) is 5.34. The van der Waals surface area contributed by atoms with Crippen molar-refractivity contribution in [2.45, 2.75) is 0 Å². The van der Waals surface area contributed by atoms with Crippen molar-refractivity contribution in [2.24, 2.45) is 0 Å². The van der Waals surface area contributed by atoms with E-state index in [0.717, 1.165) is 41.9 Å². The predicted molar refractivity (Wildman–Crippen MR) is 137 cm³/mol. The average Bonchev–Trinajstić information content (AvgIpc) is 2.79. The lowest BCUT2D eigenvalue weighted by Crippen LogP contribution is -2.13. The third-order valence-electron chi connectivity index (χ3n) is 5.36. The molecule has 0 atom stereocenters. The highest BCUT2D eigenvalue weighted by Crippen LogP contribution is 2.42. The Kier molecular flexibility index (Phi) is 5.34. The van der Waals surface area contributed by atoms with Gasteiger partial charge < -0.3 is 5.32 Å². The molecule has 0 aliphatic carbocycles. The number of amides is 1. The van der Waals surface area contributed by atoms with E-state index in [1.54, 1.807) is 0 Å². The standard InChI is InChI=1S/C27H17Br2NO/c28-19-14-18(15-20(29)16-19)27(31)30-26-24-13-7-5-11-22(24)21-10-4-6-12-23(21)25(26)17-8-2-1-3-9-17/h1-16H,(H,30,31). The fourth-order valence-electron chi connectivity index (χ4n) is 4.05. The molecular weight excluding hydrogens is 514 g/mol. The number of rotatable bonds is 3. The van der Waals surface area contributed by atoms with E-state index >= 15 is 0 Å². The zero-order chi connectivity index (χ0) is 21.4. The third-order valence-corrected chi connectivity index (χ3v) is 6.27. The molecule has 0 saturated heterocycles. The Morgan fingerprint density at radius 2 is 1.13 bits per heavy atom. The molecule has 0 unspecified atom stereocenters. The number of fused-ring (bicyclic) bond motifs is 3. The first kappa shape index (κ1) is 20.0. The molecule has 4 heteroatoms. The smallest absolute Gasteiger partial charge is 0.255 e. The van der Waals surface area contributed by atoms with Crippen molar-refractivity contribution < 1.29 is 4.79 Å². The van der Waals surface area contributed by atoms with Gasteiger partial charge in [-0.25, -0.2) is 0 Å². The van der Waals surface area contributed by atoms with Crippen LogP contribution in [0.15, 0.2) is 106 Å². The van der Waals surface area contributed by atoms with Gasteiger partial charge in [0.1, 0.15) is 0 Å². The maximum atomic E-state index is 13.3. The van der Waals surface area contributed by atoms with Gasteiger partial charge in [0.15, 0.2) is 0 Å². The summed E-state index contributed by atoms with van der Waals surface area (Å²) in [4.78, 5) is 13.3. The zero-order valence-electron chi connectivity index (χ0n) is 16.4. The van der Waals surface area contributed by atoms with E-state index in [-0.39, 0.29) is 5.91 Å². The lowest BCUT2D eigenvalue weighted by Gasteiger charge is -2.19. The summed E-state index contributed by atoms with van der Waals surface area (Å²) >= 11 is 6.96. The number of carbonyl (C=O) groups excluding carboxylic acids is 1. The molecule has 5 aromatic rings. The van der Waals surface area contributed by atoms with Crippen LogP contribution in [0.4, 0.5) is 5.69 Å². The van der Waals surface area contributed by atoms with Crippen LogP contribution >= 0.6 is 31.9 Å². The van der Waals surface area contributed by atoms with Crippen molar-refractivity contribution in [1.82, 2.24) is 0 Å². The van der Waals surface area contributed by atoms with E-state index in [1.165, 1.54) is 5.39 Å². The molecule has 2 nitrogen and oxygen atoms in total. The second-order valence-corrected chi connectivity index (χ2v) is 9.15. The zero-order valence-corrected chi connectivity index (χ0v) is 19.6. The number of hydrogen-bond donors (Lipinski definition) is 1. The lowest BCUT2D eigenvalue weighted by atomic mass is 9.91. The Morgan fingerprint density at radius 1 is 0.613 bits per heavy atom. The van der Waals surface area contributed by atoms with Gasteiger partial charge in [0.05, 0.1) is 5.69 Å². The second-order valence-electron chi connectivity index (χ2n) is 7.32. The molecular formula is C27H17Br2NO. The van der Waals surface area contributed by atoms with E-state index in [1.807, 2.05) is 54.6 Å². The van der Waals surface area contributed by atoms with Gasteiger partial charge >= 0.3 is 0 Å². The summed E-state index contributed by atoms with van der Waals surface area (Å²) in [6.07, 6.45) is 0. The van der Waals surface area contributed by atoms with Crippen LogP contribution < -0.4 is 5.32 Å². The Balaban J connectivity index is 1.80. The minimum absolute atomic E-state index is 0.153. The lowest BCUT2D eigenvalue weighted by molar-refractivity contribution is 0.102. The predicted octanol–water partition coefficient (Wildman–Crippen LogP) is 8.44. The van der Waals surface area contributed by atoms with Gasteiger partial charge in [-0.15, -0.1) is 0 Å². The highest BCUT2D eigenvalue weighted by molar-refractivity contribution is 9.11. The summed E-state index contributed by atoms with van der Waals surface area (Å²) in [5.41, 5.74) is 3.49. The molecule has 1 amide bonds. The largest absolute Gasteiger partial charge is 0.321 e. The van der Waals surface area contributed by atoms with E-state index in [9.17, 15) is 4.79 Å². The minimum atomic E-state index is -0.153. The molecule has 5 rings (SSSR count). The molecule has 0 bridgehead atoms. The normalized spacial score (nSPS) is 11.0. The monoisotopic (exact) mass is 529 g/mol. The van der Waals surface area contributed by atoms with Crippen molar-refractivity contribution in [1.29, 1.82) is 0 Å². The van der Waals surface area contributed by atoms with Crippen LogP contribution in [0.3, 0.4) is 0 Å². The molecule has 0 aliphatic heterocycles. The highest BCUT2D eigenvalue weighted by Gasteiger charge is 2.18. The van der Waals surface area contributed by atoms with E-state index in [2.05, 4.69) is 79.6 Å². The van der Waals surface area contributed by atoms with E-state index < -0.39 is 0 Å². The molecule has 0 saturated carbocycles. The second kappa shape index (κ2) is 8.29. The maximum absolute atomic E-state index is 13.3. The summed E-state index contributed by atoms with van der Waals surface area (Å²) < 4.78 is 1.69. The van der Waals surface area contributed by atoms with Gasteiger partial charge in [0, 0.05) is 25.5 Å². The van der Waals surface area contributed by atoms with E-state index in [4.69, 9.17) is 0 Å². The summed E-state index contributed by atoms with van der Waals surface area (Å²) in [5, 5.41) is 7.64. The molecule has 0 fully saturated rings. The molecule has 0 radical (unpaired) electrons. The van der Waals surface area contributed by atoms with Crippen molar-refractivity contribution in [3.63, 3.8) is 0 Å². The fraction of sp³-hybridized carbons (Fsp3) is 0. The van der Waals surface area contributed by atoms with Gasteiger partial charge in [-0.3, -0.25) is 4.79 Å². The average molecular weight is 531 g/mol. The van der Waals surface area contributed by atoms with Crippen LogP contribution in [0.5, 0.6) is 0 Å². The van der Waals surface area contributed by atoms with Gasteiger partial charge in [-0.2, -0.15) is 0 Å². The summed E-state index contributed by atoms with van der Waals surface area (Å²) in [7, 11) is 0.